The van der Waals surface area contributed by atoms with Crippen LogP contribution < -0.4 is 0 Å². The van der Waals surface area contributed by atoms with Gasteiger partial charge in [0.05, 0.1) is 17.7 Å². The first kappa shape index (κ1) is 13.8. The monoisotopic (exact) mass is 352 g/mol. The second-order valence-corrected chi connectivity index (χ2v) is 3.91. The maximum atomic E-state index is 12.7. The zero-order valence-electron chi connectivity index (χ0n) is 8.71. The van der Waals surface area contributed by atoms with Crippen molar-refractivity contribution in [1.29, 1.82) is 5.26 Å². The summed E-state index contributed by atoms with van der Waals surface area (Å²) in [6, 6.07) is 2.85. The minimum absolute atomic E-state index is 0.0649. The van der Waals surface area contributed by atoms with Crippen molar-refractivity contribution in [2.24, 2.45) is 0 Å². The summed E-state index contributed by atoms with van der Waals surface area (Å²) in [6.45, 7) is 1.63. The van der Waals surface area contributed by atoms with Crippen LogP contribution in [-0.2, 0) is 4.74 Å². The van der Waals surface area contributed by atoms with E-state index in [-0.39, 0.29) is 21.4 Å². The number of hydrogen-bond acceptors (Lipinski definition) is 4. The predicted octanol–water partition coefficient (Wildman–Crippen LogP) is 2.67. The Morgan fingerprint density at radius 3 is 2.82 bits per heavy atom. The van der Waals surface area contributed by atoms with E-state index in [4.69, 9.17) is 5.26 Å². The molecule has 1 aromatic rings. The second kappa shape index (κ2) is 5.86. The number of aromatic nitrogens is 1. The molecule has 1 rings (SSSR count). The van der Waals surface area contributed by atoms with Gasteiger partial charge in [-0.15, -0.1) is 0 Å². The normalized spacial score (nSPS) is 10.1. The zero-order chi connectivity index (χ0) is 13.0. The molecule has 0 radical (unpaired) electrons. The van der Waals surface area contributed by atoms with E-state index in [1.807, 2.05) is 0 Å². The number of carbonyl (C=O) groups excluding carboxylic acids is 1. The van der Waals surface area contributed by atoms with Gasteiger partial charge in [-0.3, -0.25) is 0 Å². The number of nitrogens with zero attached hydrogens (tertiary/aromatic N) is 2. The lowest BCUT2D eigenvalue weighted by molar-refractivity contribution is 0.0513. The van der Waals surface area contributed by atoms with Crippen molar-refractivity contribution in [3.63, 3.8) is 0 Å². The highest BCUT2D eigenvalue weighted by molar-refractivity contribution is 14.1. The third kappa shape index (κ3) is 3.09. The first-order valence-electron chi connectivity index (χ1n) is 4.57. The van der Waals surface area contributed by atoms with E-state index < -0.39 is 18.1 Å². The number of nitriles is 1. The minimum atomic E-state index is -2.89. The topological polar surface area (TPSA) is 63.0 Å². The SMILES string of the molecule is CCOC(=O)c1cc(C#N)c(I)nc1C(F)F. The zero-order valence-corrected chi connectivity index (χ0v) is 10.9. The standard InChI is InChI=1S/C10H7F2IN2O2/c1-2-17-10(16)6-3-5(4-14)9(13)15-7(6)8(11)12/h3,8H,2H2,1H3. The van der Waals surface area contributed by atoms with Crippen LogP contribution in [0.15, 0.2) is 6.07 Å². The average Bonchev–Trinajstić information content (AvgIpc) is 2.28. The third-order valence-electron chi connectivity index (χ3n) is 1.83. The fourth-order valence-corrected chi connectivity index (χ4v) is 1.66. The number of rotatable bonds is 3. The molecule has 0 fully saturated rings. The highest BCUT2D eigenvalue weighted by atomic mass is 127. The molecule has 0 atom stereocenters. The van der Waals surface area contributed by atoms with Crippen LogP contribution in [0.2, 0.25) is 0 Å². The highest BCUT2D eigenvalue weighted by Crippen LogP contribution is 2.24. The van der Waals surface area contributed by atoms with Crippen LogP contribution in [0.1, 0.15) is 35.0 Å². The van der Waals surface area contributed by atoms with E-state index in [0.29, 0.717) is 0 Å². The molecule has 0 N–H and O–H groups in total. The summed E-state index contributed by atoms with van der Waals surface area (Å²) < 4.78 is 30.1. The van der Waals surface area contributed by atoms with Crippen molar-refractivity contribution >= 4 is 28.6 Å². The number of alkyl halides is 2. The molecule has 7 heteroatoms. The molecular weight excluding hydrogens is 345 g/mol. The van der Waals surface area contributed by atoms with Gasteiger partial charge in [0.15, 0.2) is 0 Å². The molecule has 0 aliphatic rings. The van der Waals surface area contributed by atoms with Crippen LogP contribution in [0.4, 0.5) is 8.78 Å². The van der Waals surface area contributed by atoms with Gasteiger partial charge in [-0.1, -0.05) is 0 Å². The van der Waals surface area contributed by atoms with Gasteiger partial charge in [-0.2, -0.15) is 5.26 Å². The van der Waals surface area contributed by atoms with Gasteiger partial charge < -0.3 is 4.74 Å². The lowest BCUT2D eigenvalue weighted by atomic mass is 10.1. The molecule has 0 aliphatic heterocycles. The molecule has 0 bridgehead atoms. The van der Waals surface area contributed by atoms with Gasteiger partial charge in [0.1, 0.15) is 15.5 Å². The third-order valence-corrected chi connectivity index (χ3v) is 2.65. The summed E-state index contributed by atoms with van der Waals surface area (Å²) in [5.41, 5.74) is -0.955. The van der Waals surface area contributed by atoms with Gasteiger partial charge in [0.25, 0.3) is 6.43 Å². The summed E-state index contributed by atoms with van der Waals surface area (Å²) in [5, 5.41) is 8.75. The molecule has 1 heterocycles. The number of hydrogen-bond donors (Lipinski definition) is 0. The summed E-state index contributed by atoms with van der Waals surface area (Å²) in [5.74, 6) is -0.900. The van der Waals surface area contributed by atoms with Crippen LogP contribution in [0, 0.1) is 15.0 Å². The van der Waals surface area contributed by atoms with Crippen LogP contribution in [-0.4, -0.2) is 17.6 Å². The van der Waals surface area contributed by atoms with Gasteiger partial charge >= 0.3 is 5.97 Å². The summed E-state index contributed by atoms with van der Waals surface area (Å²) in [6.07, 6.45) is -2.89. The summed E-state index contributed by atoms with van der Waals surface area (Å²) in [7, 11) is 0. The fraction of sp³-hybridized carbons (Fsp3) is 0.300. The van der Waals surface area contributed by atoms with Crippen LogP contribution in [0.25, 0.3) is 0 Å². The lowest BCUT2D eigenvalue weighted by Crippen LogP contribution is -2.12. The smallest absolute Gasteiger partial charge is 0.340 e. The molecular formula is C10H7F2IN2O2. The first-order valence-corrected chi connectivity index (χ1v) is 5.65. The van der Waals surface area contributed by atoms with Crippen molar-refractivity contribution in [3.8, 4) is 6.07 Å². The van der Waals surface area contributed by atoms with E-state index in [0.717, 1.165) is 6.07 Å². The van der Waals surface area contributed by atoms with Crippen LogP contribution >= 0.6 is 22.6 Å². The van der Waals surface area contributed by atoms with Crippen LogP contribution in [0.3, 0.4) is 0 Å². The molecule has 0 saturated heterocycles. The molecule has 0 amide bonds. The van der Waals surface area contributed by atoms with E-state index in [1.54, 1.807) is 35.6 Å². The largest absolute Gasteiger partial charge is 0.462 e. The Bertz CT molecular complexity index is 486. The van der Waals surface area contributed by atoms with Gasteiger partial charge in [-0.25, -0.2) is 18.6 Å². The molecule has 0 spiro atoms. The van der Waals surface area contributed by atoms with Crippen LogP contribution in [0.5, 0.6) is 0 Å². The Hall–Kier alpha value is -1.30. The molecule has 1 aromatic heterocycles. The lowest BCUT2D eigenvalue weighted by Gasteiger charge is -2.08. The Labute approximate surface area is 110 Å². The van der Waals surface area contributed by atoms with Gasteiger partial charge in [0, 0.05) is 0 Å². The van der Waals surface area contributed by atoms with Crippen molar-refractivity contribution < 1.29 is 18.3 Å². The molecule has 17 heavy (non-hydrogen) atoms. The van der Waals surface area contributed by atoms with Crippen molar-refractivity contribution in [2.45, 2.75) is 13.3 Å². The summed E-state index contributed by atoms with van der Waals surface area (Å²) in [4.78, 5) is 15.0. The average molecular weight is 352 g/mol. The van der Waals surface area contributed by atoms with Gasteiger partial charge in [0.2, 0.25) is 0 Å². The Morgan fingerprint density at radius 1 is 1.71 bits per heavy atom. The van der Waals surface area contributed by atoms with Crippen molar-refractivity contribution in [1.82, 2.24) is 4.98 Å². The molecule has 90 valence electrons. The highest BCUT2D eigenvalue weighted by Gasteiger charge is 2.23. The van der Waals surface area contributed by atoms with Crippen molar-refractivity contribution in [2.75, 3.05) is 6.61 Å². The van der Waals surface area contributed by atoms with E-state index in [1.165, 1.54) is 0 Å². The number of halogens is 3. The number of ether oxygens (including phenoxy) is 1. The Kier molecular flexibility index (Phi) is 4.74. The van der Waals surface area contributed by atoms with Gasteiger partial charge in [-0.05, 0) is 35.6 Å². The molecule has 0 unspecified atom stereocenters. The number of carbonyl (C=O) groups is 1. The predicted molar refractivity (Wildman–Crippen MR) is 62.6 cm³/mol. The Morgan fingerprint density at radius 2 is 2.35 bits per heavy atom. The first-order chi connectivity index (χ1) is 8.01. The maximum Gasteiger partial charge on any atom is 0.340 e. The van der Waals surface area contributed by atoms with E-state index >= 15 is 0 Å². The molecule has 0 saturated carbocycles. The molecule has 0 aromatic carbocycles. The number of pyridine rings is 1. The van der Waals surface area contributed by atoms with Crippen molar-refractivity contribution in [3.05, 3.63) is 26.6 Å². The quantitative estimate of drug-likeness (QED) is 0.477. The van der Waals surface area contributed by atoms with E-state index in [2.05, 4.69) is 9.72 Å². The summed E-state index contributed by atoms with van der Waals surface area (Å²) >= 11 is 1.66. The fourth-order valence-electron chi connectivity index (χ4n) is 1.12. The molecule has 4 nitrogen and oxygen atoms in total. The number of esters is 1. The minimum Gasteiger partial charge on any atom is -0.462 e. The second-order valence-electron chi connectivity index (χ2n) is 2.89. The van der Waals surface area contributed by atoms with E-state index in [9.17, 15) is 13.6 Å². The molecule has 0 aliphatic carbocycles. The maximum absolute atomic E-state index is 12.7. The Balaban J connectivity index is 3.35.